The van der Waals surface area contributed by atoms with E-state index < -0.39 is 0 Å². The van der Waals surface area contributed by atoms with Gasteiger partial charge in [-0.25, -0.2) is 0 Å². The zero-order valence-corrected chi connectivity index (χ0v) is 7.53. The number of rotatable bonds is 2. The van der Waals surface area contributed by atoms with Crippen LogP contribution in [0.4, 0.5) is 0 Å². The summed E-state index contributed by atoms with van der Waals surface area (Å²) in [6.45, 7) is 5.99. The largest absolute Gasteiger partial charge is 0.325 e. The normalized spacial score (nSPS) is 23.1. The highest BCUT2D eigenvalue weighted by atomic mass is 14.7. The quantitative estimate of drug-likeness (QED) is 0.606. The molecule has 1 saturated carbocycles. The summed E-state index contributed by atoms with van der Waals surface area (Å²) in [4.78, 5) is 0. The molecule has 0 aliphatic heterocycles. The fraction of sp³-hybridized carbons (Fsp3) is 0.800. The molecule has 0 aromatic rings. The van der Waals surface area contributed by atoms with E-state index in [-0.39, 0.29) is 5.54 Å². The molecule has 0 aromatic carbocycles. The molecule has 1 nitrogen and oxygen atoms in total. The molecule has 1 aliphatic rings. The summed E-state index contributed by atoms with van der Waals surface area (Å²) in [6.07, 6.45) is 7.40. The van der Waals surface area contributed by atoms with E-state index in [0.717, 1.165) is 6.42 Å². The summed E-state index contributed by atoms with van der Waals surface area (Å²) in [7, 11) is 0. The SMILES string of the molecule is C=C(C)CC1(N)CCCCC1. The van der Waals surface area contributed by atoms with Crippen molar-refractivity contribution >= 4 is 0 Å². The maximum atomic E-state index is 6.20. The van der Waals surface area contributed by atoms with Crippen molar-refractivity contribution in [1.82, 2.24) is 0 Å². The van der Waals surface area contributed by atoms with Gasteiger partial charge in [0.15, 0.2) is 0 Å². The van der Waals surface area contributed by atoms with Crippen LogP contribution >= 0.6 is 0 Å². The number of hydrogen-bond acceptors (Lipinski definition) is 1. The van der Waals surface area contributed by atoms with Crippen molar-refractivity contribution in [2.24, 2.45) is 5.73 Å². The van der Waals surface area contributed by atoms with Crippen molar-refractivity contribution in [3.8, 4) is 0 Å². The molecule has 64 valence electrons. The maximum Gasteiger partial charge on any atom is 0.0191 e. The minimum absolute atomic E-state index is 0.101. The van der Waals surface area contributed by atoms with Gasteiger partial charge in [-0.3, -0.25) is 0 Å². The van der Waals surface area contributed by atoms with Gasteiger partial charge in [0.25, 0.3) is 0 Å². The van der Waals surface area contributed by atoms with Gasteiger partial charge in [-0.2, -0.15) is 0 Å². The summed E-state index contributed by atoms with van der Waals surface area (Å²) in [5.74, 6) is 0. The molecule has 0 atom stereocenters. The second-order valence-corrected chi connectivity index (χ2v) is 4.06. The molecular formula is C10H19N. The third-order valence-electron chi connectivity index (χ3n) is 2.50. The van der Waals surface area contributed by atoms with Gasteiger partial charge in [0, 0.05) is 5.54 Å². The number of hydrogen-bond donors (Lipinski definition) is 1. The topological polar surface area (TPSA) is 26.0 Å². The van der Waals surface area contributed by atoms with E-state index in [9.17, 15) is 0 Å². The van der Waals surface area contributed by atoms with Crippen LogP contribution in [0.2, 0.25) is 0 Å². The van der Waals surface area contributed by atoms with Gasteiger partial charge in [-0.1, -0.05) is 24.8 Å². The van der Waals surface area contributed by atoms with Gasteiger partial charge in [0.1, 0.15) is 0 Å². The molecule has 1 heteroatoms. The molecule has 0 unspecified atom stereocenters. The zero-order chi connectivity index (χ0) is 8.32. The first kappa shape index (κ1) is 8.79. The standard InChI is InChI=1S/C10H19N/c1-9(2)8-10(11)6-4-3-5-7-10/h1,3-8,11H2,2H3. The van der Waals surface area contributed by atoms with Crippen LogP contribution in [0.1, 0.15) is 45.4 Å². The van der Waals surface area contributed by atoms with Gasteiger partial charge in [-0.05, 0) is 26.2 Å². The first-order chi connectivity index (χ1) is 5.12. The fourth-order valence-corrected chi connectivity index (χ4v) is 2.03. The lowest BCUT2D eigenvalue weighted by atomic mass is 9.79. The van der Waals surface area contributed by atoms with Crippen LogP contribution < -0.4 is 5.73 Å². The first-order valence-electron chi connectivity index (χ1n) is 4.56. The van der Waals surface area contributed by atoms with Crippen molar-refractivity contribution < 1.29 is 0 Å². The highest BCUT2D eigenvalue weighted by Crippen LogP contribution is 2.30. The average Bonchev–Trinajstić information content (AvgIpc) is 1.85. The van der Waals surface area contributed by atoms with Crippen LogP contribution in [0.15, 0.2) is 12.2 Å². The van der Waals surface area contributed by atoms with E-state index in [2.05, 4.69) is 13.5 Å². The Hall–Kier alpha value is -0.300. The van der Waals surface area contributed by atoms with Crippen LogP contribution in [-0.4, -0.2) is 5.54 Å². The van der Waals surface area contributed by atoms with E-state index in [1.54, 1.807) is 0 Å². The van der Waals surface area contributed by atoms with Crippen molar-refractivity contribution in [3.63, 3.8) is 0 Å². The van der Waals surface area contributed by atoms with Crippen LogP contribution in [0, 0.1) is 0 Å². The van der Waals surface area contributed by atoms with Gasteiger partial charge in [0.05, 0.1) is 0 Å². The summed E-state index contributed by atoms with van der Waals surface area (Å²) in [6, 6.07) is 0. The molecule has 1 aliphatic carbocycles. The van der Waals surface area contributed by atoms with E-state index >= 15 is 0 Å². The Morgan fingerprint density at radius 1 is 1.36 bits per heavy atom. The van der Waals surface area contributed by atoms with Gasteiger partial charge < -0.3 is 5.73 Å². The summed E-state index contributed by atoms with van der Waals surface area (Å²) < 4.78 is 0. The molecule has 2 N–H and O–H groups in total. The third kappa shape index (κ3) is 2.66. The molecule has 0 spiro atoms. The minimum Gasteiger partial charge on any atom is -0.325 e. The average molecular weight is 153 g/mol. The molecule has 1 rings (SSSR count). The molecule has 0 amide bonds. The predicted octanol–water partition coefficient (Wildman–Crippen LogP) is 2.61. The molecule has 0 heterocycles. The zero-order valence-electron chi connectivity index (χ0n) is 7.53. The number of nitrogens with two attached hydrogens (primary N) is 1. The highest BCUT2D eigenvalue weighted by molar-refractivity contribution is 5.01. The monoisotopic (exact) mass is 153 g/mol. The minimum atomic E-state index is 0.101. The van der Waals surface area contributed by atoms with Crippen LogP contribution in [0.3, 0.4) is 0 Å². The Balaban J connectivity index is 2.43. The van der Waals surface area contributed by atoms with Crippen LogP contribution in [-0.2, 0) is 0 Å². The lowest BCUT2D eigenvalue weighted by Gasteiger charge is -2.33. The third-order valence-corrected chi connectivity index (χ3v) is 2.50. The Bertz CT molecular complexity index is 143. The molecule has 0 aromatic heterocycles. The predicted molar refractivity (Wildman–Crippen MR) is 49.4 cm³/mol. The molecule has 11 heavy (non-hydrogen) atoms. The Labute approximate surface area is 69.7 Å². The molecule has 0 saturated heterocycles. The fourth-order valence-electron chi connectivity index (χ4n) is 2.03. The lowest BCUT2D eigenvalue weighted by Crippen LogP contribution is -2.41. The van der Waals surface area contributed by atoms with Crippen molar-refractivity contribution in [3.05, 3.63) is 12.2 Å². The van der Waals surface area contributed by atoms with E-state index in [1.807, 2.05) is 0 Å². The van der Waals surface area contributed by atoms with Crippen molar-refractivity contribution in [1.29, 1.82) is 0 Å². The lowest BCUT2D eigenvalue weighted by molar-refractivity contribution is 0.294. The Kier molecular flexibility index (Phi) is 2.72. The van der Waals surface area contributed by atoms with Crippen LogP contribution in [0.5, 0.6) is 0 Å². The second kappa shape index (κ2) is 3.40. The summed E-state index contributed by atoms with van der Waals surface area (Å²) in [5.41, 5.74) is 7.53. The first-order valence-corrected chi connectivity index (χ1v) is 4.56. The maximum absolute atomic E-state index is 6.20. The van der Waals surface area contributed by atoms with E-state index in [4.69, 9.17) is 5.73 Å². The molecule has 0 radical (unpaired) electrons. The smallest absolute Gasteiger partial charge is 0.0191 e. The van der Waals surface area contributed by atoms with Crippen LogP contribution in [0.25, 0.3) is 0 Å². The summed E-state index contributed by atoms with van der Waals surface area (Å²) in [5, 5.41) is 0. The molecule has 1 fully saturated rings. The second-order valence-electron chi connectivity index (χ2n) is 4.06. The van der Waals surface area contributed by atoms with E-state index in [1.165, 1.54) is 37.7 Å². The van der Waals surface area contributed by atoms with Gasteiger partial charge in [-0.15, -0.1) is 6.58 Å². The molecular weight excluding hydrogens is 134 g/mol. The molecule has 0 bridgehead atoms. The van der Waals surface area contributed by atoms with Crippen molar-refractivity contribution in [2.75, 3.05) is 0 Å². The Morgan fingerprint density at radius 3 is 2.36 bits per heavy atom. The van der Waals surface area contributed by atoms with E-state index in [0.29, 0.717) is 0 Å². The highest BCUT2D eigenvalue weighted by Gasteiger charge is 2.26. The Morgan fingerprint density at radius 2 is 1.91 bits per heavy atom. The summed E-state index contributed by atoms with van der Waals surface area (Å²) >= 11 is 0. The van der Waals surface area contributed by atoms with Gasteiger partial charge in [0.2, 0.25) is 0 Å². The van der Waals surface area contributed by atoms with Crippen molar-refractivity contribution in [2.45, 2.75) is 51.0 Å². The van der Waals surface area contributed by atoms with Gasteiger partial charge >= 0.3 is 0 Å².